The summed E-state index contributed by atoms with van der Waals surface area (Å²) in [6.45, 7) is 0. The molecule has 0 bridgehead atoms. The molecule has 0 fully saturated rings. The van der Waals surface area contributed by atoms with Crippen LogP contribution in [-0.4, -0.2) is 17.0 Å². The molecule has 1 rings (SSSR count). The first-order valence-corrected chi connectivity index (χ1v) is 6.72. The maximum atomic E-state index is 10.5. The molecule has 1 aliphatic carbocycles. The summed E-state index contributed by atoms with van der Waals surface area (Å²) in [6.07, 6.45) is 11.6. The first-order chi connectivity index (χ1) is 7.72. The van der Waals surface area contributed by atoms with Crippen LogP contribution in [0.15, 0.2) is 12.2 Å². The number of rotatable bonds is 8. The van der Waals surface area contributed by atoms with Crippen LogP contribution in [0.5, 0.6) is 0 Å². The average molecular weight is 245 g/mol. The zero-order chi connectivity index (χ0) is 11.8. The van der Waals surface area contributed by atoms with E-state index >= 15 is 0 Å². The molecular formula is C13H21ClO2. The van der Waals surface area contributed by atoms with Crippen LogP contribution in [0.2, 0.25) is 0 Å². The maximum absolute atomic E-state index is 10.5. The first kappa shape index (κ1) is 13.6. The third-order valence-corrected chi connectivity index (χ3v) is 3.42. The van der Waals surface area contributed by atoms with Crippen molar-refractivity contribution in [1.82, 2.24) is 0 Å². The van der Waals surface area contributed by atoms with E-state index in [-0.39, 0.29) is 5.92 Å². The van der Waals surface area contributed by atoms with Gasteiger partial charge in [-0.1, -0.05) is 31.4 Å². The number of carbonyl (C=O) groups is 1. The summed E-state index contributed by atoms with van der Waals surface area (Å²) in [5.41, 5.74) is 0. The molecule has 2 nitrogen and oxygen atoms in total. The zero-order valence-corrected chi connectivity index (χ0v) is 10.5. The fourth-order valence-corrected chi connectivity index (χ4v) is 2.49. The highest BCUT2D eigenvalue weighted by molar-refractivity contribution is 6.17. The van der Waals surface area contributed by atoms with Crippen LogP contribution >= 0.6 is 11.6 Å². The molecule has 0 aromatic heterocycles. The fourth-order valence-electron chi connectivity index (χ4n) is 2.30. The molecule has 1 N–H and O–H groups in total. The highest BCUT2D eigenvalue weighted by Crippen LogP contribution is 2.29. The van der Waals surface area contributed by atoms with Crippen LogP contribution in [0.3, 0.4) is 0 Å². The molecular weight excluding hydrogens is 224 g/mol. The van der Waals surface area contributed by atoms with E-state index in [0.29, 0.717) is 12.3 Å². The molecule has 0 aromatic carbocycles. The lowest BCUT2D eigenvalue weighted by molar-refractivity contribution is -0.137. The lowest BCUT2D eigenvalue weighted by Gasteiger charge is -2.10. The van der Waals surface area contributed by atoms with E-state index in [1.807, 2.05) is 0 Å². The number of alkyl halides is 1. The molecule has 0 aliphatic heterocycles. The van der Waals surface area contributed by atoms with E-state index in [0.717, 1.165) is 18.7 Å². The van der Waals surface area contributed by atoms with E-state index in [1.54, 1.807) is 0 Å². The summed E-state index contributed by atoms with van der Waals surface area (Å²) in [4.78, 5) is 10.5. The van der Waals surface area contributed by atoms with Gasteiger partial charge in [0.15, 0.2) is 0 Å². The molecule has 0 radical (unpaired) electrons. The number of hydrogen-bond acceptors (Lipinski definition) is 1. The largest absolute Gasteiger partial charge is 0.481 e. The molecule has 0 amide bonds. The van der Waals surface area contributed by atoms with Gasteiger partial charge in [0.05, 0.1) is 6.42 Å². The Labute approximate surface area is 103 Å². The molecule has 0 saturated heterocycles. The molecule has 3 heteroatoms. The Bertz CT molecular complexity index is 238. The molecule has 1 aliphatic rings. The van der Waals surface area contributed by atoms with Crippen molar-refractivity contribution in [2.75, 3.05) is 5.88 Å². The Kier molecular flexibility index (Phi) is 6.55. The second-order valence-electron chi connectivity index (χ2n) is 4.63. The monoisotopic (exact) mass is 244 g/mol. The van der Waals surface area contributed by atoms with Gasteiger partial charge in [-0.25, -0.2) is 0 Å². The lowest BCUT2D eigenvalue weighted by Crippen LogP contribution is -2.05. The van der Waals surface area contributed by atoms with Gasteiger partial charge in [-0.15, -0.1) is 11.6 Å². The van der Waals surface area contributed by atoms with E-state index in [2.05, 4.69) is 12.2 Å². The lowest BCUT2D eigenvalue weighted by atomic mass is 9.96. The molecule has 0 saturated carbocycles. The maximum Gasteiger partial charge on any atom is 0.303 e. The van der Waals surface area contributed by atoms with Crippen molar-refractivity contribution in [3.05, 3.63) is 12.2 Å². The van der Waals surface area contributed by atoms with Gasteiger partial charge in [0.25, 0.3) is 0 Å². The van der Waals surface area contributed by atoms with Gasteiger partial charge in [0, 0.05) is 5.88 Å². The summed E-state index contributed by atoms with van der Waals surface area (Å²) in [6, 6.07) is 0. The van der Waals surface area contributed by atoms with Gasteiger partial charge in [-0.05, 0) is 31.1 Å². The second-order valence-corrected chi connectivity index (χ2v) is 5.01. The third kappa shape index (κ3) is 5.55. The zero-order valence-electron chi connectivity index (χ0n) is 9.70. The minimum absolute atomic E-state index is 0.269. The molecule has 0 aromatic rings. The van der Waals surface area contributed by atoms with Crippen LogP contribution in [0.1, 0.15) is 44.9 Å². The minimum Gasteiger partial charge on any atom is -0.481 e. The number of allylic oxidation sites excluding steroid dienone is 2. The van der Waals surface area contributed by atoms with Gasteiger partial charge < -0.3 is 5.11 Å². The van der Waals surface area contributed by atoms with Crippen LogP contribution in [0.25, 0.3) is 0 Å². The van der Waals surface area contributed by atoms with Crippen molar-refractivity contribution in [1.29, 1.82) is 0 Å². The van der Waals surface area contributed by atoms with Gasteiger partial charge in [-0.2, -0.15) is 0 Å². The van der Waals surface area contributed by atoms with Crippen LogP contribution < -0.4 is 0 Å². The highest BCUT2D eigenvalue weighted by Gasteiger charge is 2.20. The Hall–Kier alpha value is -0.500. The highest BCUT2D eigenvalue weighted by atomic mass is 35.5. The van der Waals surface area contributed by atoms with Crippen LogP contribution in [0.4, 0.5) is 0 Å². The molecule has 0 heterocycles. The van der Waals surface area contributed by atoms with E-state index in [4.69, 9.17) is 16.7 Å². The van der Waals surface area contributed by atoms with Crippen molar-refractivity contribution in [2.24, 2.45) is 11.8 Å². The first-order valence-electron chi connectivity index (χ1n) is 6.18. The van der Waals surface area contributed by atoms with Gasteiger partial charge in [0.1, 0.15) is 0 Å². The molecule has 2 atom stereocenters. The number of carboxylic acid groups (broad SMARTS) is 1. The van der Waals surface area contributed by atoms with Gasteiger partial charge in [0.2, 0.25) is 0 Å². The van der Waals surface area contributed by atoms with Crippen molar-refractivity contribution in [3.8, 4) is 0 Å². The van der Waals surface area contributed by atoms with Gasteiger partial charge >= 0.3 is 5.97 Å². The van der Waals surface area contributed by atoms with Crippen molar-refractivity contribution < 1.29 is 9.90 Å². The van der Waals surface area contributed by atoms with Crippen molar-refractivity contribution in [2.45, 2.75) is 44.9 Å². The topological polar surface area (TPSA) is 37.3 Å². The summed E-state index contributed by atoms with van der Waals surface area (Å²) in [5, 5.41) is 8.69. The smallest absolute Gasteiger partial charge is 0.303 e. The number of hydrogen-bond donors (Lipinski definition) is 1. The summed E-state index contributed by atoms with van der Waals surface area (Å²) < 4.78 is 0. The molecule has 92 valence electrons. The van der Waals surface area contributed by atoms with E-state index in [1.165, 1.54) is 25.7 Å². The Morgan fingerprint density at radius 3 is 2.56 bits per heavy atom. The Balaban J connectivity index is 2.04. The fraction of sp³-hybridized carbons (Fsp3) is 0.769. The normalized spacial score (nSPS) is 23.8. The number of unbranched alkanes of at least 4 members (excludes halogenated alkanes) is 3. The molecule has 0 spiro atoms. The average Bonchev–Trinajstić information content (AvgIpc) is 2.64. The minimum atomic E-state index is -0.683. The van der Waals surface area contributed by atoms with Crippen LogP contribution in [0, 0.1) is 11.8 Å². The summed E-state index contributed by atoms with van der Waals surface area (Å²) >= 11 is 5.61. The Morgan fingerprint density at radius 2 is 1.88 bits per heavy atom. The third-order valence-electron chi connectivity index (χ3n) is 3.16. The number of carboxylic acids is 1. The summed E-state index contributed by atoms with van der Waals surface area (Å²) in [7, 11) is 0. The van der Waals surface area contributed by atoms with Crippen molar-refractivity contribution in [3.63, 3.8) is 0 Å². The number of aliphatic carboxylic acids is 1. The van der Waals surface area contributed by atoms with E-state index in [9.17, 15) is 4.79 Å². The van der Waals surface area contributed by atoms with Crippen LogP contribution in [-0.2, 0) is 4.79 Å². The molecule has 16 heavy (non-hydrogen) atoms. The standard InChI is InChI=1S/C13H21ClO2/c14-8-4-2-1-3-5-11-6-7-12(9-11)10-13(15)16/h6-7,11-12H,1-5,8-10H2,(H,15,16)/t11-,12-/m1/s1. The number of halogens is 1. The van der Waals surface area contributed by atoms with E-state index < -0.39 is 5.97 Å². The van der Waals surface area contributed by atoms with Crippen molar-refractivity contribution >= 4 is 17.6 Å². The van der Waals surface area contributed by atoms with Gasteiger partial charge in [-0.3, -0.25) is 4.79 Å². The second kappa shape index (κ2) is 7.72. The predicted octanol–water partition coefficient (Wildman–Crippen LogP) is 3.84. The predicted molar refractivity (Wildman–Crippen MR) is 66.8 cm³/mol. The quantitative estimate of drug-likeness (QED) is 0.400. The molecule has 0 unspecified atom stereocenters. The SMILES string of the molecule is O=C(O)C[C@@H]1C=C[C@@H](CCCCCCCl)C1. The Morgan fingerprint density at radius 1 is 1.19 bits per heavy atom. The summed E-state index contributed by atoms with van der Waals surface area (Å²) in [5.74, 6) is 0.965.